The molecule has 0 aromatic heterocycles. The first-order valence-corrected chi connectivity index (χ1v) is 9.69. The summed E-state index contributed by atoms with van der Waals surface area (Å²) in [7, 11) is 0. The third kappa shape index (κ3) is 4.37. The fourth-order valence-electron chi connectivity index (χ4n) is 3.54. The number of ether oxygens (including phenoxy) is 2. The Kier molecular flexibility index (Phi) is 5.50. The van der Waals surface area contributed by atoms with E-state index in [0.717, 1.165) is 51.5 Å². The van der Waals surface area contributed by atoms with Crippen LogP contribution in [0.4, 0.5) is 0 Å². The van der Waals surface area contributed by atoms with Crippen LogP contribution in [0.5, 0.6) is 11.5 Å². The van der Waals surface area contributed by atoms with Crippen molar-refractivity contribution in [3.8, 4) is 11.5 Å². The molecule has 2 aromatic carbocycles. The van der Waals surface area contributed by atoms with E-state index in [4.69, 9.17) is 21.1 Å². The van der Waals surface area contributed by atoms with E-state index in [9.17, 15) is 4.79 Å². The molecule has 0 N–H and O–H groups in total. The molecule has 2 aliphatic heterocycles. The number of hydrogen-bond acceptors (Lipinski definition) is 4. The number of carbonyl (C=O) groups is 1. The number of carbonyl (C=O) groups excluding carboxylic acids is 1. The second kappa shape index (κ2) is 8.19. The molecule has 0 aliphatic carbocycles. The van der Waals surface area contributed by atoms with Crippen molar-refractivity contribution >= 4 is 17.5 Å². The van der Waals surface area contributed by atoms with Crippen LogP contribution in [0.15, 0.2) is 42.5 Å². The summed E-state index contributed by atoms with van der Waals surface area (Å²) in [5.41, 5.74) is 2.61. The zero-order valence-corrected chi connectivity index (χ0v) is 16.0. The Morgan fingerprint density at radius 1 is 1.11 bits per heavy atom. The van der Waals surface area contributed by atoms with Crippen molar-refractivity contribution in [1.82, 2.24) is 9.80 Å². The highest BCUT2D eigenvalue weighted by Crippen LogP contribution is 2.26. The Balaban J connectivity index is 1.25. The van der Waals surface area contributed by atoms with E-state index in [2.05, 4.69) is 23.1 Å². The number of amides is 1. The molecule has 4 rings (SSSR count). The number of hydrogen-bond donors (Lipinski definition) is 0. The number of halogens is 1. The van der Waals surface area contributed by atoms with Crippen LogP contribution in [0.25, 0.3) is 0 Å². The van der Waals surface area contributed by atoms with Gasteiger partial charge in [0.2, 0.25) is 0 Å². The summed E-state index contributed by atoms with van der Waals surface area (Å²) in [5, 5.41) is 0.523. The minimum Gasteiger partial charge on any atom is -0.493 e. The molecule has 27 heavy (non-hydrogen) atoms. The van der Waals surface area contributed by atoms with Gasteiger partial charge in [-0.25, -0.2) is 0 Å². The number of benzene rings is 2. The molecule has 6 heteroatoms. The Hall–Kier alpha value is -2.24. The van der Waals surface area contributed by atoms with Gasteiger partial charge in [-0.2, -0.15) is 0 Å². The van der Waals surface area contributed by atoms with Gasteiger partial charge < -0.3 is 14.4 Å². The monoisotopic (exact) mass is 386 g/mol. The maximum atomic E-state index is 12.4. The summed E-state index contributed by atoms with van der Waals surface area (Å²) >= 11 is 6.06. The van der Waals surface area contributed by atoms with Crippen molar-refractivity contribution in [2.75, 3.05) is 39.4 Å². The number of nitrogens with zero attached hydrogens (tertiary/aromatic N) is 2. The zero-order chi connectivity index (χ0) is 18.6. The number of piperazine rings is 1. The highest BCUT2D eigenvalue weighted by Gasteiger charge is 2.22. The second-order valence-corrected chi connectivity index (χ2v) is 7.32. The third-order valence-corrected chi connectivity index (χ3v) is 5.39. The minimum atomic E-state index is 0.00393. The van der Waals surface area contributed by atoms with Crippen molar-refractivity contribution in [1.29, 1.82) is 0 Å². The summed E-state index contributed by atoms with van der Waals surface area (Å²) in [6.45, 7) is 4.89. The van der Waals surface area contributed by atoms with Gasteiger partial charge >= 0.3 is 0 Å². The maximum absolute atomic E-state index is 12.4. The molecule has 0 unspecified atom stereocenters. The van der Waals surface area contributed by atoms with E-state index in [1.54, 1.807) is 12.1 Å². The average Bonchev–Trinajstić information content (AvgIpc) is 3.15. The highest BCUT2D eigenvalue weighted by atomic mass is 35.5. The second-order valence-electron chi connectivity index (χ2n) is 6.92. The Bertz CT molecular complexity index is 819. The predicted molar refractivity (Wildman–Crippen MR) is 104 cm³/mol. The van der Waals surface area contributed by atoms with E-state index < -0.39 is 0 Å². The van der Waals surface area contributed by atoms with Gasteiger partial charge in [-0.1, -0.05) is 35.9 Å². The average molecular weight is 387 g/mol. The van der Waals surface area contributed by atoms with Crippen LogP contribution in [0, 0.1) is 0 Å². The predicted octanol–water partition coefficient (Wildman–Crippen LogP) is 3.00. The minimum absolute atomic E-state index is 0.00393. The van der Waals surface area contributed by atoms with Crippen molar-refractivity contribution in [2.24, 2.45) is 0 Å². The summed E-state index contributed by atoms with van der Waals surface area (Å²) < 4.78 is 11.1. The fraction of sp³-hybridized carbons (Fsp3) is 0.381. The first-order valence-electron chi connectivity index (χ1n) is 9.31. The van der Waals surface area contributed by atoms with E-state index >= 15 is 0 Å². The molecular formula is C21H23ClN2O3. The van der Waals surface area contributed by atoms with Crippen LogP contribution in [0.1, 0.15) is 11.1 Å². The number of para-hydroxylation sites is 1. The van der Waals surface area contributed by atoms with Gasteiger partial charge in [-0.05, 0) is 29.3 Å². The van der Waals surface area contributed by atoms with Crippen LogP contribution in [0.2, 0.25) is 5.02 Å². The molecule has 0 saturated carbocycles. The Morgan fingerprint density at radius 3 is 2.74 bits per heavy atom. The maximum Gasteiger partial charge on any atom is 0.260 e. The van der Waals surface area contributed by atoms with E-state index in [1.165, 1.54) is 11.1 Å². The van der Waals surface area contributed by atoms with Gasteiger partial charge in [-0.15, -0.1) is 0 Å². The molecule has 1 saturated heterocycles. The van der Waals surface area contributed by atoms with Crippen molar-refractivity contribution in [2.45, 2.75) is 13.0 Å². The summed E-state index contributed by atoms with van der Waals surface area (Å²) in [5.74, 6) is 1.57. The summed E-state index contributed by atoms with van der Waals surface area (Å²) in [6.07, 6.45) is 0.997. The van der Waals surface area contributed by atoms with E-state index in [-0.39, 0.29) is 12.5 Å². The fourth-order valence-corrected chi connectivity index (χ4v) is 3.73. The normalized spacial score (nSPS) is 16.7. The Labute approximate surface area is 164 Å². The van der Waals surface area contributed by atoms with Gasteiger partial charge in [0.1, 0.15) is 11.5 Å². The molecule has 0 bridgehead atoms. The Morgan fingerprint density at radius 2 is 1.93 bits per heavy atom. The van der Waals surface area contributed by atoms with Crippen molar-refractivity contribution in [3.63, 3.8) is 0 Å². The SMILES string of the molecule is O=C(COc1ccccc1Cl)N1CCN(Cc2ccc3c(c2)CCO3)CC1. The van der Waals surface area contributed by atoms with Crippen LogP contribution in [0.3, 0.4) is 0 Å². The van der Waals surface area contributed by atoms with Crippen LogP contribution in [-0.4, -0.2) is 55.1 Å². The van der Waals surface area contributed by atoms with Gasteiger partial charge in [0.25, 0.3) is 5.91 Å². The largest absolute Gasteiger partial charge is 0.493 e. The lowest BCUT2D eigenvalue weighted by Gasteiger charge is -2.34. The topological polar surface area (TPSA) is 42.0 Å². The molecule has 2 heterocycles. The van der Waals surface area contributed by atoms with Gasteiger partial charge in [-0.3, -0.25) is 9.69 Å². The van der Waals surface area contributed by atoms with Crippen LogP contribution >= 0.6 is 11.6 Å². The van der Waals surface area contributed by atoms with Crippen LogP contribution < -0.4 is 9.47 Å². The molecule has 0 atom stereocenters. The summed E-state index contributed by atoms with van der Waals surface area (Å²) in [4.78, 5) is 16.7. The standard InChI is InChI=1S/C21H23ClN2O3/c22-18-3-1-2-4-20(18)27-15-21(25)24-10-8-23(9-11-24)14-16-5-6-19-17(13-16)7-12-26-19/h1-6,13H,7-12,14-15H2. The number of fused-ring (bicyclic) bond motifs is 1. The molecule has 5 nitrogen and oxygen atoms in total. The lowest BCUT2D eigenvalue weighted by Crippen LogP contribution is -2.49. The van der Waals surface area contributed by atoms with E-state index in [0.29, 0.717) is 10.8 Å². The molecule has 0 radical (unpaired) electrons. The molecule has 1 amide bonds. The quantitative estimate of drug-likeness (QED) is 0.792. The lowest BCUT2D eigenvalue weighted by molar-refractivity contribution is -0.135. The smallest absolute Gasteiger partial charge is 0.260 e. The van der Waals surface area contributed by atoms with Crippen LogP contribution in [-0.2, 0) is 17.8 Å². The molecule has 142 valence electrons. The highest BCUT2D eigenvalue weighted by molar-refractivity contribution is 6.32. The number of rotatable bonds is 5. The van der Waals surface area contributed by atoms with E-state index in [1.807, 2.05) is 17.0 Å². The lowest BCUT2D eigenvalue weighted by atomic mass is 10.1. The molecule has 1 fully saturated rings. The zero-order valence-electron chi connectivity index (χ0n) is 15.2. The first-order chi connectivity index (χ1) is 13.2. The molecule has 2 aromatic rings. The third-order valence-electron chi connectivity index (χ3n) is 5.07. The molecular weight excluding hydrogens is 364 g/mol. The molecule has 0 spiro atoms. The van der Waals surface area contributed by atoms with Gasteiger partial charge in [0, 0.05) is 39.1 Å². The van der Waals surface area contributed by atoms with Gasteiger partial charge in [0.05, 0.1) is 11.6 Å². The van der Waals surface area contributed by atoms with Crippen molar-refractivity contribution in [3.05, 3.63) is 58.6 Å². The first kappa shape index (κ1) is 18.1. The molecule has 2 aliphatic rings. The van der Waals surface area contributed by atoms with Crippen molar-refractivity contribution < 1.29 is 14.3 Å². The van der Waals surface area contributed by atoms with Gasteiger partial charge in [0.15, 0.2) is 6.61 Å². The summed E-state index contributed by atoms with van der Waals surface area (Å²) in [6, 6.07) is 13.7.